The summed E-state index contributed by atoms with van der Waals surface area (Å²) in [6.07, 6.45) is 0. The molecule has 0 saturated carbocycles. The second-order valence-corrected chi connectivity index (χ2v) is 5.54. The zero-order valence-corrected chi connectivity index (χ0v) is 7.94. The predicted molar refractivity (Wildman–Crippen MR) is 47.4 cm³/mol. The molecule has 2 atom stereocenters. The summed E-state index contributed by atoms with van der Waals surface area (Å²) < 4.78 is 18.7. The van der Waals surface area contributed by atoms with Crippen LogP contribution >= 0.6 is 0 Å². The van der Waals surface area contributed by atoms with Gasteiger partial charge in [-0.05, 0) is 20.8 Å². The minimum absolute atomic E-state index is 0.0456. The van der Waals surface area contributed by atoms with Crippen LogP contribution in [0.4, 0.5) is 0 Å². The number of hydrogen-bond acceptors (Lipinski definition) is 2. The van der Waals surface area contributed by atoms with Crippen molar-refractivity contribution < 1.29 is 4.21 Å². The van der Waals surface area contributed by atoms with Gasteiger partial charge in [-0.15, -0.1) is 0 Å². The lowest BCUT2D eigenvalue weighted by molar-refractivity contribution is 0.657. The third kappa shape index (κ3) is 1.46. The third-order valence-electron chi connectivity index (χ3n) is 1.74. The molecule has 0 fully saturated rings. The fourth-order valence-electron chi connectivity index (χ4n) is 0.842. The molecule has 0 bridgehead atoms. The van der Waals surface area contributed by atoms with E-state index in [1.807, 2.05) is 20.8 Å². The largest absolute Gasteiger partial charge is 0.233 e. The van der Waals surface area contributed by atoms with Crippen LogP contribution in [0.15, 0.2) is 16.6 Å². The van der Waals surface area contributed by atoms with Gasteiger partial charge in [0.05, 0.1) is 17.0 Å². The van der Waals surface area contributed by atoms with Gasteiger partial charge in [0.2, 0.25) is 0 Å². The fraction of sp³-hybridized carbons (Fsp3) is 0.714. The van der Waals surface area contributed by atoms with Crippen molar-refractivity contribution in [2.24, 2.45) is 4.36 Å². The molecule has 1 aliphatic heterocycles. The van der Waals surface area contributed by atoms with Crippen LogP contribution in [-0.4, -0.2) is 15.5 Å². The van der Waals surface area contributed by atoms with Crippen LogP contribution in [0.25, 0.3) is 0 Å². The van der Waals surface area contributed by atoms with Crippen molar-refractivity contribution >= 4 is 9.92 Å². The van der Waals surface area contributed by atoms with Gasteiger partial charge < -0.3 is 0 Å². The SMILES string of the molecule is C=C1N=S(=O)(C(C)C)NC1C. The Morgan fingerprint density at radius 1 is 1.73 bits per heavy atom. The second-order valence-electron chi connectivity index (χ2n) is 3.04. The average Bonchev–Trinajstić information content (AvgIpc) is 2.09. The van der Waals surface area contributed by atoms with Gasteiger partial charge in [0.25, 0.3) is 0 Å². The van der Waals surface area contributed by atoms with Gasteiger partial charge >= 0.3 is 0 Å². The summed E-state index contributed by atoms with van der Waals surface area (Å²) in [5.41, 5.74) is 0.698. The molecule has 1 aliphatic rings. The van der Waals surface area contributed by atoms with Crippen molar-refractivity contribution in [3.63, 3.8) is 0 Å². The number of nitrogens with zero attached hydrogens (tertiary/aromatic N) is 1. The first kappa shape index (κ1) is 8.74. The first-order chi connectivity index (χ1) is 4.96. The zero-order chi connectivity index (χ0) is 8.65. The molecular formula is C7H14N2OS. The third-order valence-corrected chi connectivity index (χ3v) is 4.21. The fourth-order valence-corrected chi connectivity index (χ4v) is 2.53. The van der Waals surface area contributed by atoms with Crippen molar-refractivity contribution in [1.82, 2.24) is 4.72 Å². The van der Waals surface area contributed by atoms with E-state index < -0.39 is 9.92 Å². The minimum Gasteiger partial charge on any atom is -0.233 e. The van der Waals surface area contributed by atoms with Crippen LogP contribution in [0.2, 0.25) is 0 Å². The number of rotatable bonds is 1. The molecule has 0 aromatic rings. The Morgan fingerprint density at radius 2 is 2.27 bits per heavy atom. The zero-order valence-electron chi connectivity index (χ0n) is 7.13. The first-order valence-electron chi connectivity index (χ1n) is 3.68. The molecule has 1 rings (SSSR count). The van der Waals surface area contributed by atoms with Crippen molar-refractivity contribution in [2.75, 3.05) is 0 Å². The molecule has 3 nitrogen and oxygen atoms in total. The predicted octanol–water partition coefficient (Wildman–Crippen LogP) is 1.28. The van der Waals surface area contributed by atoms with Gasteiger partial charge in [-0.3, -0.25) is 0 Å². The molecule has 0 aliphatic carbocycles. The maximum atomic E-state index is 11.8. The van der Waals surface area contributed by atoms with E-state index in [0.717, 1.165) is 0 Å². The van der Waals surface area contributed by atoms with Gasteiger partial charge in [0.1, 0.15) is 9.92 Å². The van der Waals surface area contributed by atoms with E-state index in [-0.39, 0.29) is 11.3 Å². The Morgan fingerprint density at radius 3 is 2.45 bits per heavy atom. The van der Waals surface area contributed by atoms with E-state index in [2.05, 4.69) is 15.7 Å². The van der Waals surface area contributed by atoms with Gasteiger partial charge in [-0.25, -0.2) is 8.93 Å². The van der Waals surface area contributed by atoms with Gasteiger partial charge in [0.15, 0.2) is 0 Å². The van der Waals surface area contributed by atoms with Crippen molar-refractivity contribution in [1.29, 1.82) is 0 Å². The molecule has 11 heavy (non-hydrogen) atoms. The molecule has 1 N–H and O–H groups in total. The molecule has 2 unspecified atom stereocenters. The smallest absolute Gasteiger partial charge is 0.115 e. The van der Waals surface area contributed by atoms with Crippen LogP contribution in [0.5, 0.6) is 0 Å². The summed E-state index contributed by atoms with van der Waals surface area (Å²) in [6.45, 7) is 9.41. The Hall–Kier alpha value is -0.350. The van der Waals surface area contributed by atoms with Gasteiger partial charge in [-0.1, -0.05) is 6.58 Å². The Balaban J connectivity index is 3.02. The Kier molecular flexibility index (Phi) is 2.07. The summed E-state index contributed by atoms with van der Waals surface area (Å²) in [5, 5.41) is 0.0456. The van der Waals surface area contributed by atoms with E-state index in [1.165, 1.54) is 0 Å². The van der Waals surface area contributed by atoms with E-state index in [1.54, 1.807) is 0 Å². The summed E-state index contributed by atoms with van der Waals surface area (Å²) in [5.74, 6) is 0. The normalized spacial score (nSPS) is 37.8. The minimum atomic E-state index is -2.19. The van der Waals surface area contributed by atoms with Gasteiger partial charge in [0, 0.05) is 0 Å². The van der Waals surface area contributed by atoms with Gasteiger partial charge in [-0.2, -0.15) is 4.36 Å². The lowest BCUT2D eigenvalue weighted by Gasteiger charge is -2.09. The van der Waals surface area contributed by atoms with Crippen LogP contribution in [-0.2, 0) is 9.92 Å². The highest BCUT2D eigenvalue weighted by atomic mass is 32.2. The molecule has 0 aromatic heterocycles. The van der Waals surface area contributed by atoms with Crippen molar-refractivity contribution in [3.8, 4) is 0 Å². The van der Waals surface area contributed by atoms with Crippen molar-refractivity contribution in [3.05, 3.63) is 12.3 Å². The molecular weight excluding hydrogens is 160 g/mol. The lowest BCUT2D eigenvalue weighted by atomic mass is 10.3. The molecule has 0 saturated heterocycles. The second kappa shape index (κ2) is 2.60. The maximum absolute atomic E-state index is 11.8. The summed E-state index contributed by atoms with van der Waals surface area (Å²) in [6, 6.07) is 0.0601. The Labute approximate surface area is 68.2 Å². The van der Waals surface area contributed by atoms with Crippen LogP contribution in [0.1, 0.15) is 20.8 Å². The highest BCUT2D eigenvalue weighted by molar-refractivity contribution is 7.92. The highest BCUT2D eigenvalue weighted by Crippen LogP contribution is 2.17. The standard InChI is InChI=1S/C7H14N2OS/c1-5(2)11(10)8-6(3)7(4)9-11/h5,7H,3H2,1-2,4H3,(H,8,9,10). The van der Waals surface area contributed by atoms with E-state index in [9.17, 15) is 4.21 Å². The molecule has 64 valence electrons. The van der Waals surface area contributed by atoms with Crippen LogP contribution in [0.3, 0.4) is 0 Å². The summed E-state index contributed by atoms with van der Waals surface area (Å²) >= 11 is 0. The first-order valence-corrected chi connectivity index (χ1v) is 5.25. The Bertz CT molecular complexity index is 287. The summed E-state index contributed by atoms with van der Waals surface area (Å²) in [7, 11) is -2.19. The maximum Gasteiger partial charge on any atom is 0.115 e. The quantitative estimate of drug-likeness (QED) is 0.639. The van der Waals surface area contributed by atoms with E-state index >= 15 is 0 Å². The summed E-state index contributed by atoms with van der Waals surface area (Å²) in [4.78, 5) is 0. The molecule has 0 radical (unpaired) electrons. The van der Waals surface area contributed by atoms with Crippen LogP contribution < -0.4 is 4.72 Å². The van der Waals surface area contributed by atoms with E-state index in [4.69, 9.17) is 0 Å². The molecule has 1 heterocycles. The van der Waals surface area contributed by atoms with Crippen molar-refractivity contribution in [2.45, 2.75) is 32.1 Å². The average molecular weight is 174 g/mol. The highest BCUT2D eigenvalue weighted by Gasteiger charge is 2.25. The molecule has 4 heteroatoms. The topological polar surface area (TPSA) is 41.5 Å². The lowest BCUT2D eigenvalue weighted by Crippen LogP contribution is -2.31. The molecule has 0 spiro atoms. The molecule has 0 amide bonds. The number of hydrogen-bond donors (Lipinski definition) is 1. The van der Waals surface area contributed by atoms with Crippen LogP contribution in [0, 0.1) is 0 Å². The number of nitrogens with one attached hydrogen (secondary N) is 1. The molecule has 0 aromatic carbocycles. The monoisotopic (exact) mass is 174 g/mol. The van der Waals surface area contributed by atoms with E-state index in [0.29, 0.717) is 5.70 Å².